The molecule has 14 heavy (non-hydrogen) atoms. The molecule has 0 radical (unpaired) electrons. The fourth-order valence-electron chi connectivity index (χ4n) is 1.42. The summed E-state index contributed by atoms with van der Waals surface area (Å²) in [5.74, 6) is 0.0870. The Morgan fingerprint density at radius 2 is 2.21 bits per heavy atom. The first kappa shape index (κ1) is 11.4. The Bertz CT molecular complexity index is 169. The SMILES string of the molecule is COCCNC(=O)CN1CCNCC1. The van der Waals surface area contributed by atoms with Gasteiger partial charge in [0.15, 0.2) is 0 Å². The maximum atomic E-state index is 11.4. The number of rotatable bonds is 5. The first-order valence-electron chi connectivity index (χ1n) is 5.01. The molecule has 5 nitrogen and oxygen atoms in total. The van der Waals surface area contributed by atoms with Crippen LogP contribution in [0.2, 0.25) is 0 Å². The van der Waals surface area contributed by atoms with Gasteiger partial charge >= 0.3 is 0 Å². The Morgan fingerprint density at radius 3 is 2.86 bits per heavy atom. The molecular weight excluding hydrogens is 182 g/mol. The third kappa shape index (κ3) is 4.55. The summed E-state index contributed by atoms with van der Waals surface area (Å²) in [4.78, 5) is 13.5. The van der Waals surface area contributed by atoms with Crippen LogP contribution in [0.25, 0.3) is 0 Å². The number of hydrogen-bond acceptors (Lipinski definition) is 4. The summed E-state index contributed by atoms with van der Waals surface area (Å²) in [6, 6.07) is 0. The third-order valence-corrected chi connectivity index (χ3v) is 2.21. The lowest BCUT2D eigenvalue weighted by atomic mass is 10.3. The second-order valence-corrected chi connectivity index (χ2v) is 3.37. The van der Waals surface area contributed by atoms with Gasteiger partial charge in [-0.05, 0) is 0 Å². The van der Waals surface area contributed by atoms with Crippen molar-refractivity contribution in [3.8, 4) is 0 Å². The van der Waals surface area contributed by atoms with Crippen molar-refractivity contribution in [3.05, 3.63) is 0 Å². The number of nitrogens with zero attached hydrogens (tertiary/aromatic N) is 1. The van der Waals surface area contributed by atoms with Gasteiger partial charge in [0.1, 0.15) is 0 Å². The van der Waals surface area contributed by atoms with Crippen molar-refractivity contribution in [3.63, 3.8) is 0 Å². The Hall–Kier alpha value is -0.650. The zero-order valence-electron chi connectivity index (χ0n) is 8.71. The van der Waals surface area contributed by atoms with Gasteiger partial charge in [0.2, 0.25) is 5.91 Å². The number of hydrogen-bond donors (Lipinski definition) is 2. The summed E-state index contributed by atoms with van der Waals surface area (Å²) in [6.07, 6.45) is 0. The lowest BCUT2D eigenvalue weighted by Gasteiger charge is -2.26. The van der Waals surface area contributed by atoms with Crippen LogP contribution in [0.1, 0.15) is 0 Å². The van der Waals surface area contributed by atoms with Gasteiger partial charge in [-0.3, -0.25) is 9.69 Å². The smallest absolute Gasteiger partial charge is 0.234 e. The van der Waals surface area contributed by atoms with E-state index >= 15 is 0 Å². The van der Waals surface area contributed by atoms with Crippen LogP contribution in [0.15, 0.2) is 0 Å². The number of piperazine rings is 1. The number of amides is 1. The van der Waals surface area contributed by atoms with Crippen LogP contribution >= 0.6 is 0 Å². The van der Waals surface area contributed by atoms with E-state index in [1.807, 2.05) is 0 Å². The van der Waals surface area contributed by atoms with Crippen molar-refractivity contribution >= 4 is 5.91 Å². The van der Waals surface area contributed by atoms with Crippen molar-refractivity contribution in [1.29, 1.82) is 0 Å². The number of nitrogens with one attached hydrogen (secondary N) is 2. The van der Waals surface area contributed by atoms with Crippen LogP contribution in [0.4, 0.5) is 0 Å². The summed E-state index contributed by atoms with van der Waals surface area (Å²) in [5, 5.41) is 6.05. The van der Waals surface area contributed by atoms with Gasteiger partial charge in [-0.15, -0.1) is 0 Å². The average Bonchev–Trinajstić information content (AvgIpc) is 2.20. The van der Waals surface area contributed by atoms with E-state index in [1.165, 1.54) is 0 Å². The normalized spacial score (nSPS) is 18.1. The van der Waals surface area contributed by atoms with Gasteiger partial charge < -0.3 is 15.4 Å². The van der Waals surface area contributed by atoms with Crippen LogP contribution < -0.4 is 10.6 Å². The van der Waals surface area contributed by atoms with Crippen molar-refractivity contribution in [2.24, 2.45) is 0 Å². The molecule has 1 aliphatic heterocycles. The Morgan fingerprint density at radius 1 is 1.50 bits per heavy atom. The second kappa shape index (κ2) is 6.75. The molecule has 0 bridgehead atoms. The molecule has 0 saturated carbocycles. The zero-order chi connectivity index (χ0) is 10.2. The Balaban J connectivity index is 2.06. The minimum Gasteiger partial charge on any atom is -0.383 e. The molecule has 0 aliphatic carbocycles. The highest BCUT2D eigenvalue weighted by molar-refractivity contribution is 5.77. The monoisotopic (exact) mass is 201 g/mol. The minimum absolute atomic E-state index is 0.0870. The first-order chi connectivity index (χ1) is 6.83. The van der Waals surface area contributed by atoms with Gasteiger partial charge in [0.05, 0.1) is 13.2 Å². The van der Waals surface area contributed by atoms with Crippen LogP contribution in [0, 0.1) is 0 Å². The van der Waals surface area contributed by atoms with E-state index in [1.54, 1.807) is 7.11 Å². The summed E-state index contributed by atoms with van der Waals surface area (Å²) >= 11 is 0. The maximum Gasteiger partial charge on any atom is 0.234 e. The predicted molar refractivity (Wildman–Crippen MR) is 54.2 cm³/mol. The number of carbonyl (C=O) groups excluding carboxylic acids is 1. The molecule has 0 unspecified atom stereocenters. The molecule has 5 heteroatoms. The Labute approximate surface area is 84.8 Å². The number of methoxy groups -OCH3 is 1. The van der Waals surface area contributed by atoms with Gasteiger partial charge in [-0.25, -0.2) is 0 Å². The van der Waals surface area contributed by atoms with E-state index in [-0.39, 0.29) is 5.91 Å². The lowest BCUT2D eigenvalue weighted by molar-refractivity contribution is -0.122. The predicted octanol–water partition coefficient (Wildman–Crippen LogP) is -1.35. The van der Waals surface area contributed by atoms with Crippen LogP contribution in [-0.2, 0) is 9.53 Å². The molecule has 1 saturated heterocycles. The molecule has 82 valence electrons. The fraction of sp³-hybridized carbons (Fsp3) is 0.889. The first-order valence-corrected chi connectivity index (χ1v) is 5.01. The fourth-order valence-corrected chi connectivity index (χ4v) is 1.42. The van der Waals surface area contributed by atoms with E-state index in [9.17, 15) is 4.79 Å². The lowest BCUT2D eigenvalue weighted by Crippen LogP contribution is -2.47. The van der Waals surface area contributed by atoms with Crippen molar-refractivity contribution < 1.29 is 9.53 Å². The van der Waals surface area contributed by atoms with E-state index < -0.39 is 0 Å². The standard InChI is InChI=1S/C9H19N3O2/c1-14-7-4-11-9(13)8-12-5-2-10-3-6-12/h10H,2-8H2,1H3,(H,11,13). The summed E-state index contributed by atoms with van der Waals surface area (Å²) in [5.41, 5.74) is 0. The van der Waals surface area contributed by atoms with E-state index in [0.717, 1.165) is 26.2 Å². The minimum atomic E-state index is 0.0870. The van der Waals surface area contributed by atoms with Gasteiger partial charge in [-0.2, -0.15) is 0 Å². The zero-order valence-corrected chi connectivity index (χ0v) is 8.71. The van der Waals surface area contributed by atoms with Gasteiger partial charge in [0, 0.05) is 39.8 Å². The van der Waals surface area contributed by atoms with E-state index in [0.29, 0.717) is 19.7 Å². The summed E-state index contributed by atoms with van der Waals surface area (Å²) < 4.78 is 4.84. The molecule has 2 N–H and O–H groups in total. The average molecular weight is 201 g/mol. The highest BCUT2D eigenvalue weighted by Crippen LogP contribution is 1.90. The van der Waals surface area contributed by atoms with E-state index in [2.05, 4.69) is 15.5 Å². The summed E-state index contributed by atoms with van der Waals surface area (Å²) in [7, 11) is 1.63. The molecule has 1 aliphatic rings. The van der Waals surface area contributed by atoms with Crippen LogP contribution in [0.3, 0.4) is 0 Å². The molecule has 0 aromatic rings. The van der Waals surface area contributed by atoms with Gasteiger partial charge in [0.25, 0.3) is 0 Å². The van der Waals surface area contributed by atoms with Crippen LogP contribution in [0.5, 0.6) is 0 Å². The van der Waals surface area contributed by atoms with E-state index in [4.69, 9.17) is 4.74 Å². The molecule has 1 rings (SSSR count). The second-order valence-electron chi connectivity index (χ2n) is 3.37. The molecule has 1 heterocycles. The molecule has 0 spiro atoms. The number of carbonyl (C=O) groups is 1. The molecule has 1 fully saturated rings. The third-order valence-electron chi connectivity index (χ3n) is 2.21. The number of ether oxygens (including phenoxy) is 1. The van der Waals surface area contributed by atoms with Crippen molar-refractivity contribution in [1.82, 2.24) is 15.5 Å². The topological polar surface area (TPSA) is 53.6 Å². The maximum absolute atomic E-state index is 11.4. The highest BCUT2D eigenvalue weighted by atomic mass is 16.5. The molecule has 1 amide bonds. The molecule has 0 atom stereocenters. The quantitative estimate of drug-likeness (QED) is 0.540. The largest absolute Gasteiger partial charge is 0.383 e. The van der Waals surface area contributed by atoms with Crippen LogP contribution in [-0.4, -0.2) is 63.8 Å². The summed E-state index contributed by atoms with van der Waals surface area (Å²) in [6.45, 7) is 5.55. The highest BCUT2D eigenvalue weighted by Gasteiger charge is 2.12. The molecule has 0 aromatic heterocycles. The van der Waals surface area contributed by atoms with Crippen molar-refractivity contribution in [2.75, 3.05) is 53.0 Å². The molecule has 0 aromatic carbocycles. The molecular formula is C9H19N3O2. The Kier molecular flexibility index (Phi) is 5.51. The van der Waals surface area contributed by atoms with Gasteiger partial charge in [-0.1, -0.05) is 0 Å². The van der Waals surface area contributed by atoms with Crippen molar-refractivity contribution in [2.45, 2.75) is 0 Å².